The Balaban J connectivity index is 3.11. The van der Waals surface area contributed by atoms with Crippen molar-refractivity contribution < 1.29 is 14.3 Å². The number of carbonyl (C=O) groups excluding carboxylic acids is 1. The topological polar surface area (TPSA) is 35.5 Å². The van der Waals surface area contributed by atoms with E-state index in [1.54, 1.807) is 0 Å². The molecular formula is C14H28O3. The minimum absolute atomic E-state index is 0.0458. The highest BCUT2D eigenvalue weighted by molar-refractivity contribution is 5.69. The second kappa shape index (κ2) is 13.5. The molecule has 0 aromatic heterocycles. The molecule has 0 fully saturated rings. The first-order valence-electron chi connectivity index (χ1n) is 7.04. The van der Waals surface area contributed by atoms with Gasteiger partial charge in [-0.2, -0.15) is 0 Å². The summed E-state index contributed by atoms with van der Waals surface area (Å²) in [6.45, 7) is 6.50. The first-order valence-corrected chi connectivity index (χ1v) is 7.04. The average molecular weight is 244 g/mol. The van der Waals surface area contributed by atoms with E-state index < -0.39 is 0 Å². The number of ether oxygens (including phenoxy) is 2. The molecule has 0 saturated heterocycles. The summed E-state index contributed by atoms with van der Waals surface area (Å²) in [5.74, 6) is -0.0458. The van der Waals surface area contributed by atoms with Crippen molar-refractivity contribution in [3.05, 3.63) is 0 Å². The fourth-order valence-corrected chi connectivity index (χ4v) is 1.51. The number of rotatable bonds is 12. The molecule has 0 aliphatic carbocycles. The smallest absolute Gasteiger partial charge is 0.305 e. The summed E-state index contributed by atoms with van der Waals surface area (Å²) in [5, 5.41) is 0. The van der Waals surface area contributed by atoms with Crippen LogP contribution in [0.1, 0.15) is 65.2 Å². The predicted octanol–water partition coefficient (Wildman–Crippen LogP) is 3.71. The molecule has 17 heavy (non-hydrogen) atoms. The van der Waals surface area contributed by atoms with Crippen LogP contribution in [0.5, 0.6) is 0 Å². The third kappa shape index (κ3) is 13.4. The molecule has 0 aliphatic rings. The van der Waals surface area contributed by atoms with Crippen molar-refractivity contribution in [1.82, 2.24) is 0 Å². The van der Waals surface area contributed by atoms with E-state index in [9.17, 15) is 4.79 Å². The molecule has 0 amide bonds. The molecule has 0 rings (SSSR count). The van der Waals surface area contributed by atoms with Crippen molar-refractivity contribution in [2.45, 2.75) is 65.2 Å². The van der Waals surface area contributed by atoms with Crippen LogP contribution < -0.4 is 0 Å². The number of hydrogen-bond acceptors (Lipinski definition) is 3. The minimum Gasteiger partial charge on any atom is -0.466 e. The van der Waals surface area contributed by atoms with E-state index in [-0.39, 0.29) is 5.97 Å². The lowest BCUT2D eigenvalue weighted by Crippen LogP contribution is -2.05. The van der Waals surface area contributed by atoms with Gasteiger partial charge in [-0.15, -0.1) is 0 Å². The summed E-state index contributed by atoms with van der Waals surface area (Å²) in [7, 11) is 0. The summed E-state index contributed by atoms with van der Waals surface area (Å²) < 4.78 is 10.5. The fraction of sp³-hybridized carbons (Fsp3) is 0.929. The van der Waals surface area contributed by atoms with E-state index in [0.717, 1.165) is 58.2 Å². The molecule has 3 heteroatoms. The molecule has 0 aliphatic heterocycles. The minimum atomic E-state index is -0.0458. The Morgan fingerprint density at radius 1 is 0.824 bits per heavy atom. The lowest BCUT2D eigenvalue weighted by Gasteiger charge is -2.04. The van der Waals surface area contributed by atoms with Gasteiger partial charge in [0.15, 0.2) is 0 Å². The van der Waals surface area contributed by atoms with Gasteiger partial charge in [-0.3, -0.25) is 4.79 Å². The van der Waals surface area contributed by atoms with Gasteiger partial charge in [0, 0.05) is 19.6 Å². The van der Waals surface area contributed by atoms with Gasteiger partial charge < -0.3 is 9.47 Å². The van der Waals surface area contributed by atoms with Crippen LogP contribution in [0.4, 0.5) is 0 Å². The SMILES string of the molecule is CCCCCOC(=O)CCCCCOCCC. The molecule has 0 atom stereocenters. The maximum atomic E-state index is 11.3. The van der Waals surface area contributed by atoms with E-state index in [2.05, 4.69) is 13.8 Å². The molecule has 0 radical (unpaired) electrons. The lowest BCUT2D eigenvalue weighted by molar-refractivity contribution is -0.143. The van der Waals surface area contributed by atoms with E-state index in [1.165, 1.54) is 0 Å². The zero-order valence-corrected chi connectivity index (χ0v) is 11.5. The highest BCUT2D eigenvalue weighted by Gasteiger charge is 2.01. The van der Waals surface area contributed by atoms with Crippen molar-refractivity contribution in [3.63, 3.8) is 0 Å². The normalized spacial score (nSPS) is 10.5. The summed E-state index contributed by atoms with van der Waals surface area (Å²) in [5.41, 5.74) is 0. The molecule has 0 heterocycles. The van der Waals surface area contributed by atoms with Crippen LogP contribution in [0, 0.1) is 0 Å². The first kappa shape index (κ1) is 16.4. The van der Waals surface area contributed by atoms with Gasteiger partial charge in [0.2, 0.25) is 0 Å². The molecule has 0 unspecified atom stereocenters. The van der Waals surface area contributed by atoms with E-state index >= 15 is 0 Å². The van der Waals surface area contributed by atoms with Crippen molar-refractivity contribution in [3.8, 4) is 0 Å². The Kier molecular flexibility index (Phi) is 13.0. The van der Waals surface area contributed by atoms with Gasteiger partial charge in [-0.1, -0.05) is 33.1 Å². The standard InChI is InChI=1S/C14H28O3/c1-3-5-8-13-17-14(15)10-7-6-9-12-16-11-4-2/h3-13H2,1-2H3. The highest BCUT2D eigenvalue weighted by Crippen LogP contribution is 2.03. The van der Waals surface area contributed by atoms with Crippen LogP contribution in [0.15, 0.2) is 0 Å². The maximum Gasteiger partial charge on any atom is 0.305 e. The summed E-state index contributed by atoms with van der Waals surface area (Å²) >= 11 is 0. The van der Waals surface area contributed by atoms with Crippen molar-refractivity contribution in [2.24, 2.45) is 0 Å². The zero-order valence-electron chi connectivity index (χ0n) is 11.5. The molecule has 3 nitrogen and oxygen atoms in total. The molecule has 0 spiro atoms. The molecule has 0 bridgehead atoms. The molecule has 102 valence electrons. The van der Waals surface area contributed by atoms with Gasteiger partial charge >= 0.3 is 5.97 Å². The highest BCUT2D eigenvalue weighted by atomic mass is 16.5. The van der Waals surface area contributed by atoms with Crippen LogP contribution in [-0.4, -0.2) is 25.8 Å². The number of esters is 1. The van der Waals surface area contributed by atoms with Gasteiger partial charge in [0.25, 0.3) is 0 Å². The van der Waals surface area contributed by atoms with Crippen LogP contribution in [-0.2, 0) is 14.3 Å². The first-order chi connectivity index (χ1) is 8.31. The summed E-state index contributed by atoms with van der Waals surface area (Å²) in [4.78, 5) is 11.3. The summed E-state index contributed by atoms with van der Waals surface area (Å²) in [6.07, 6.45) is 7.94. The fourth-order valence-electron chi connectivity index (χ4n) is 1.51. The van der Waals surface area contributed by atoms with Gasteiger partial charge in [0.05, 0.1) is 6.61 Å². The molecular weight excluding hydrogens is 216 g/mol. The largest absolute Gasteiger partial charge is 0.466 e. The zero-order chi connectivity index (χ0) is 12.8. The number of unbranched alkanes of at least 4 members (excludes halogenated alkanes) is 4. The van der Waals surface area contributed by atoms with Crippen LogP contribution in [0.2, 0.25) is 0 Å². The lowest BCUT2D eigenvalue weighted by atomic mass is 10.2. The second-order valence-electron chi connectivity index (χ2n) is 4.35. The van der Waals surface area contributed by atoms with E-state index in [0.29, 0.717) is 13.0 Å². The molecule has 0 saturated carbocycles. The van der Waals surface area contributed by atoms with Gasteiger partial charge in [-0.25, -0.2) is 0 Å². The van der Waals surface area contributed by atoms with E-state index in [1.807, 2.05) is 0 Å². The maximum absolute atomic E-state index is 11.3. The molecule has 0 aromatic rings. The number of hydrogen-bond donors (Lipinski definition) is 0. The Hall–Kier alpha value is -0.570. The number of carbonyl (C=O) groups is 1. The van der Waals surface area contributed by atoms with Gasteiger partial charge in [-0.05, 0) is 25.7 Å². The Labute approximate surface area is 106 Å². The Morgan fingerprint density at radius 2 is 1.59 bits per heavy atom. The Morgan fingerprint density at radius 3 is 2.29 bits per heavy atom. The van der Waals surface area contributed by atoms with Crippen molar-refractivity contribution in [2.75, 3.05) is 19.8 Å². The van der Waals surface area contributed by atoms with Crippen molar-refractivity contribution in [1.29, 1.82) is 0 Å². The third-order valence-corrected chi connectivity index (χ3v) is 2.53. The average Bonchev–Trinajstić information content (AvgIpc) is 2.33. The summed E-state index contributed by atoms with van der Waals surface area (Å²) in [6, 6.07) is 0. The monoisotopic (exact) mass is 244 g/mol. The predicted molar refractivity (Wildman–Crippen MR) is 70.1 cm³/mol. The van der Waals surface area contributed by atoms with Crippen LogP contribution in [0.3, 0.4) is 0 Å². The van der Waals surface area contributed by atoms with E-state index in [4.69, 9.17) is 9.47 Å². The molecule has 0 aromatic carbocycles. The Bertz CT molecular complexity index is 169. The van der Waals surface area contributed by atoms with Crippen LogP contribution in [0.25, 0.3) is 0 Å². The van der Waals surface area contributed by atoms with Crippen LogP contribution >= 0.6 is 0 Å². The van der Waals surface area contributed by atoms with Gasteiger partial charge in [0.1, 0.15) is 0 Å². The molecule has 0 N–H and O–H groups in total. The van der Waals surface area contributed by atoms with Crippen molar-refractivity contribution >= 4 is 5.97 Å². The quantitative estimate of drug-likeness (QED) is 0.388. The third-order valence-electron chi connectivity index (χ3n) is 2.53. The second-order valence-corrected chi connectivity index (χ2v) is 4.35.